The number of ether oxygens (including phenoxy) is 1. The number of likely N-dealkylation sites (tertiary alicyclic amines) is 1. The first-order chi connectivity index (χ1) is 12.6. The Labute approximate surface area is 154 Å². The fourth-order valence-electron chi connectivity index (χ4n) is 3.25. The monoisotopic (exact) mass is 408 g/mol. The number of carbonyl (C=O) groups is 1. The highest BCUT2D eigenvalue weighted by Crippen LogP contribution is 2.34. The Kier molecular flexibility index (Phi) is 5.30. The van der Waals surface area contributed by atoms with Gasteiger partial charge in [-0.3, -0.25) is 4.79 Å². The summed E-state index contributed by atoms with van der Waals surface area (Å²) in [7, 11) is -3.84. The van der Waals surface area contributed by atoms with Gasteiger partial charge in [0.05, 0.1) is 25.2 Å². The third-order valence-corrected chi connectivity index (χ3v) is 5.39. The molecule has 2 bridgehead atoms. The van der Waals surface area contributed by atoms with Crippen LogP contribution in [0.3, 0.4) is 0 Å². The number of fused-ring (bicyclic) bond motifs is 2. The molecule has 2 unspecified atom stereocenters. The van der Waals surface area contributed by atoms with Crippen molar-refractivity contribution in [1.82, 2.24) is 14.9 Å². The number of alkyl halides is 3. The largest absolute Gasteiger partial charge is 0.421 e. The van der Waals surface area contributed by atoms with E-state index in [0.717, 1.165) is 12.7 Å². The van der Waals surface area contributed by atoms with E-state index >= 15 is 0 Å². The molecular weight excluding hydrogens is 389 g/mol. The van der Waals surface area contributed by atoms with Gasteiger partial charge >= 0.3 is 6.18 Å². The van der Waals surface area contributed by atoms with E-state index in [1.807, 2.05) is 0 Å². The van der Waals surface area contributed by atoms with E-state index in [9.17, 15) is 26.4 Å². The summed E-state index contributed by atoms with van der Waals surface area (Å²) in [5, 5.41) is 1.84. The lowest BCUT2D eigenvalue weighted by molar-refractivity contribution is -0.137. The number of halogens is 3. The fraction of sp³-hybridized carbons (Fsp3) is 0.667. The van der Waals surface area contributed by atoms with Gasteiger partial charge in [-0.25, -0.2) is 18.4 Å². The van der Waals surface area contributed by atoms with Crippen LogP contribution >= 0.6 is 0 Å². The van der Waals surface area contributed by atoms with Crippen LogP contribution in [0.1, 0.15) is 18.4 Å². The normalized spacial score (nSPS) is 23.0. The zero-order chi connectivity index (χ0) is 19.8. The summed E-state index contributed by atoms with van der Waals surface area (Å²) >= 11 is 0. The van der Waals surface area contributed by atoms with Crippen molar-refractivity contribution >= 4 is 21.6 Å². The maximum atomic E-state index is 13.1. The van der Waals surface area contributed by atoms with Crippen molar-refractivity contribution in [3.63, 3.8) is 0 Å². The lowest BCUT2D eigenvalue weighted by Crippen LogP contribution is -2.36. The van der Waals surface area contributed by atoms with Crippen LogP contribution in [0.15, 0.2) is 11.4 Å². The van der Waals surface area contributed by atoms with Gasteiger partial charge < -0.3 is 15.0 Å². The second-order valence-electron chi connectivity index (χ2n) is 6.62. The second-order valence-corrected chi connectivity index (χ2v) is 8.53. The van der Waals surface area contributed by atoms with Gasteiger partial charge in [0.1, 0.15) is 11.4 Å². The standard InChI is InChI=1S/C15H19F3N4O4S/c1-27(24,25)14-20-6-11(15(16,17)18)12(21-14)19-3-2-4-22-10-5-9(13(22)23)7-26-8-10/h6,9-10H,2-5,7-8H2,1H3,(H,19,20,21). The molecule has 2 saturated heterocycles. The average molecular weight is 408 g/mol. The van der Waals surface area contributed by atoms with E-state index in [1.54, 1.807) is 4.90 Å². The van der Waals surface area contributed by atoms with Gasteiger partial charge in [-0.1, -0.05) is 0 Å². The molecule has 3 heterocycles. The first-order valence-corrected chi connectivity index (χ1v) is 10.2. The summed E-state index contributed by atoms with van der Waals surface area (Å²) in [5.74, 6) is -0.713. The third-order valence-electron chi connectivity index (χ3n) is 4.53. The molecule has 1 N–H and O–H groups in total. The molecule has 0 saturated carbocycles. The SMILES string of the molecule is CS(=O)(=O)c1ncc(C(F)(F)F)c(NCCCN2C(=O)C3COCC2C3)n1. The number of aromatic nitrogens is 2. The molecule has 150 valence electrons. The molecule has 8 nitrogen and oxygen atoms in total. The van der Waals surface area contributed by atoms with Gasteiger partial charge in [-0.2, -0.15) is 13.2 Å². The molecular formula is C15H19F3N4O4S. The number of nitrogens with one attached hydrogen (secondary N) is 1. The highest BCUT2D eigenvalue weighted by molar-refractivity contribution is 7.90. The molecule has 0 aromatic carbocycles. The van der Waals surface area contributed by atoms with E-state index in [2.05, 4.69) is 15.3 Å². The number of hydrogen-bond acceptors (Lipinski definition) is 7. The summed E-state index contributed by atoms with van der Waals surface area (Å²) in [6.07, 6.45) is -2.33. The Hall–Kier alpha value is -1.95. The zero-order valence-electron chi connectivity index (χ0n) is 14.5. The third kappa shape index (κ3) is 4.32. The quantitative estimate of drug-likeness (QED) is 0.552. The molecule has 3 rings (SSSR count). The van der Waals surface area contributed by atoms with E-state index < -0.39 is 32.6 Å². The molecule has 2 aliphatic rings. The Morgan fingerprint density at radius 3 is 2.74 bits per heavy atom. The number of carbonyl (C=O) groups excluding carboxylic acids is 1. The molecule has 1 amide bonds. The number of sulfone groups is 1. The Bertz CT molecular complexity index is 831. The van der Waals surface area contributed by atoms with Gasteiger partial charge in [0.15, 0.2) is 0 Å². The fourth-order valence-corrected chi connectivity index (χ4v) is 3.75. The summed E-state index contributed by atoms with van der Waals surface area (Å²) in [6.45, 7) is 1.35. The Balaban J connectivity index is 1.65. The minimum absolute atomic E-state index is 0.00915. The second kappa shape index (κ2) is 7.23. The maximum absolute atomic E-state index is 13.1. The predicted molar refractivity (Wildman–Crippen MR) is 87.7 cm³/mol. The summed E-state index contributed by atoms with van der Waals surface area (Å²) in [6, 6.07) is 0.0119. The predicted octanol–water partition coefficient (Wildman–Crippen LogP) is 0.948. The molecule has 12 heteroatoms. The van der Waals surface area contributed by atoms with E-state index in [-0.39, 0.29) is 24.4 Å². The van der Waals surface area contributed by atoms with Crippen molar-refractivity contribution in [3.8, 4) is 0 Å². The van der Waals surface area contributed by atoms with Crippen molar-refractivity contribution in [3.05, 3.63) is 11.8 Å². The van der Waals surface area contributed by atoms with Gasteiger partial charge in [-0.05, 0) is 12.8 Å². The summed E-state index contributed by atoms with van der Waals surface area (Å²) < 4.78 is 67.6. The number of rotatable bonds is 6. The van der Waals surface area contributed by atoms with E-state index in [0.29, 0.717) is 32.4 Å². The molecule has 2 atom stereocenters. The minimum Gasteiger partial charge on any atom is -0.378 e. The molecule has 1 aromatic heterocycles. The maximum Gasteiger partial charge on any atom is 0.421 e. The number of nitrogens with zero attached hydrogens (tertiary/aromatic N) is 3. The van der Waals surface area contributed by atoms with Gasteiger partial charge in [0.25, 0.3) is 0 Å². The van der Waals surface area contributed by atoms with Crippen molar-refractivity contribution in [2.75, 3.05) is 37.9 Å². The Morgan fingerprint density at radius 2 is 2.11 bits per heavy atom. The van der Waals surface area contributed by atoms with Crippen LogP contribution < -0.4 is 5.32 Å². The van der Waals surface area contributed by atoms with Crippen molar-refractivity contribution in [2.45, 2.75) is 30.2 Å². The topological polar surface area (TPSA) is 101 Å². The minimum atomic E-state index is -4.72. The van der Waals surface area contributed by atoms with Crippen LogP contribution in [0.4, 0.5) is 19.0 Å². The highest BCUT2D eigenvalue weighted by atomic mass is 32.2. The van der Waals surface area contributed by atoms with E-state index in [1.165, 1.54) is 0 Å². The number of anilines is 1. The van der Waals surface area contributed by atoms with Gasteiger partial charge in [0, 0.05) is 25.5 Å². The van der Waals surface area contributed by atoms with Gasteiger partial charge in [-0.15, -0.1) is 0 Å². The molecule has 0 spiro atoms. The van der Waals surface area contributed by atoms with Crippen LogP contribution in [0, 0.1) is 5.92 Å². The molecule has 1 aromatic rings. The summed E-state index contributed by atoms with van der Waals surface area (Å²) in [5.41, 5.74) is -1.14. The summed E-state index contributed by atoms with van der Waals surface area (Å²) in [4.78, 5) is 20.7. The zero-order valence-corrected chi connectivity index (χ0v) is 15.3. The average Bonchev–Trinajstić information content (AvgIpc) is 2.79. The van der Waals surface area contributed by atoms with Crippen LogP contribution in [0.2, 0.25) is 0 Å². The van der Waals surface area contributed by atoms with Crippen molar-refractivity contribution in [2.24, 2.45) is 5.92 Å². The first kappa shape index (κ1) is 19.8. The van der Waals surface area contributed by atoms with Crippen LogP contribution in [0.25, 0.3) is 0 Å². The highest BCUT2D eigenvalue weighted by Gasteiger charge is 2.42. The molecule has 27 heavy (non-hydrogen) atoms. The molecule has 0 aliphatic carbocycles. The molecule has 0 radical (unpaired) electrons. The van der Waals surface area contributed by atoms with Crippen LogP contribution in [0.5, 0.6) is 0 Å². The molecule has 2 aliphatic heterocycles. The van der Waals surface area contributed by atoms with Crippen molar-refractivity contribution < 1.29 is 31.1 Å². The van der Waals surface area contributed by atoms with Crippen LogP contribution in [-0.4, -0.2) is 67.8 Å². The molecule has 2 fully saturated rings. The lowest BCUT2D eigenvalue weighted by atomic mass is 10.0. The smallest absolute Gasteiger partial charge is 0.378 e. The number of hydrogen-bond donors (Lipinski definition) is 1. The van der Waals surface area contributed by atoms with E-state index in [4.69, 9.17) is 4.74 Å². The van der Waals surface area contributed by atoms with Crippen LogP contribution in [-0.2, 0) is 25.5 Å². The Morgan fingerprint density at radius 1 is 1.37 bits per heavy atom. The number of amides is 1. The van der Waals surface area contributed by atoms with Gasteiger partial charge in [0.2, 0.25) is 20.9 Å². The lowest BCUT2D eigenvalue weighted by Gasteiger charge is -2.24. The first-order valence-electron chi connectivity index (χ1n) is 8.34. The van der Waals surface area contributed by atoms with Crippen molar-refractivity contribution in [1.29, 1.82) is 0 Å².